The Kier molecular flexibility index (Phi) is 3.81. The topological polar surface area (TPSA) is 102 Å². The molecule has 20 heavy (non-hydrogen) atoms. The first-order chi connectivity index (χ1) is 9.44. The predicted octanol–water partition coefficient (Wildman–Crippen LogP) is 0.308. The third-order valence-corrected chi connectivity index (χ3v) is 2.82. The van der Waals surface area contributed by atoms with Crippen LogP contribution in [0.5, 0.6) is 0 Å². The van der Waals surface area contributed by atoms with Gasteiger partial charge in [-0.05, 0) is 18.2 Å². The van der Waals surface area contributed by atoms with Gasteiger partial charge in [0, 0.05) is 18.3 Å². The van der Waals surface area contributed by atoms with E-state index in [4.69, 9.17) is 15.5 Å². The molecule has 1 unspecified atom stereocenters. The van der Waals surface area contributed by atoms with Crippen LogP contribution in [-0.2, 0) is 6.42 Å². The number of hydrogen-bond donors (Lipinski definition) is 3. The van der Waals surface area contributed by atoms with Crippen molar-refractivity contribution in [2.24, 2.45) is 0 Å². The highest BCUT2D eigenvalue weighted by Crippen LogP contribution is 2.30. The van der Waals surface area contributed by atoms with Gasteiger partial charge in [0.05, 0.1) is 18.0 Å². The molecule has 0 amide bonds. The Labute approximate surface area is 114 Å². The minimum Gasteiger partial charge on any atom is -0.368 e. The maximum atomic E-state index is 12.2. The number of hydrogen-bond acceptors (Lipinski definition) is 5. The Balaban J connectivity index is 0.000000151. The van der Waals surface area contributed by atoms with Crippen molar-refractivity contribution in [2.75, 3.05) is 0 Å². The van der Waals surface area contributed by atoms with E-state index in [0.29, 0.717) is 11.3 Å². The lowest BCUT2D eigenvalue weighted by Crippen LogP contribution is -2.34. The lowest BCUT2D eigenvalue weighted by atomic mass is 10.2. The number of aliphatic hydroxyl groups excluding tert-OH is 1. The number of rotatable bonds is 0. The fourth-order valence-corrected chi connectivity index (χ4v) is 1.83. The van der Waals surface area contributed by atoms with Gasteiger partial charge >= 0.3 is 0 Å². The molecule has 0 saturated carbocycles. The first-order valence-electron chi connectivity index (χ1n) is 5.73. The van der Waals surface area contributed by atoms with Gasteiger partial charge in [-0.1, -0.05) is 6.07 Å². The summed E-state index contributed by atoms with van der Waals surface area (Å²) in [5.41, 5.74) is 0.984. The summed E-state index contributed by atoms with van der Waals surface area (Å²) in [5, 5.41) is 35.7. The Bertz CT molecular complexity index is 648. The Morgan fingerprint density at radius 2 is 2.20 bits per heavy atom. The zero-order valence-electron chi connectivity index (χ0n) is 10.3. The van der Waals surface area contributed by atoms with Gasteiger partial charge in [0.15, 0.2) is 6.23 Å². The van der Waals surface area contributed by atoms with Crippen LogP contribution in [0.25, 0.3) is 0 Å². The molecule has 6 nitrogen and oxygen atoms in total. The second kappa shape index (κ2) is 5.38. The van der Waals surface area contributed by atoms with Gasteiger partial charge in [-0.15, -0.1) is 0 Å². The summed E-state index contributed by atoms with van der Waals surface area (Å²) in [4.78, 5) is 3.74. The van der Waals surface area contributed by atoms with Crippen molar-refractivity contribution < 1.29 is 19.7 Å². The van der Waals surface area contributed by atoms with Gasteiger partial charge < -0.3 is 19.9 Å². The Morgan fingerprint density at radius 3 is 2.75 bits per heavy atom. The van der Waals surface area contributed by atoms with Crippen molar-refractivity contribution in [3.05, 3.63) is 53.9 Å². The van der Waals surface area contributed by atoms with Crippen molar-refractivity contribution >= 4 is 0 Å². The smallest absolute Gasteiger partial charge is 0.215 e. The summed E-state index contributed by atoms with van der Waals surface area (Å²) in [6.45, 7) is 0. The molecule has 0 spiro atoms. The first-order valence-corrected chi connectivity index (χ1v) is 5.73. The Hall–Kier alpha value is -2.27. The fraction of sp³-hybridized carbons (Fsp3) is 0.231. The SMILES string of the molecule is N#Cc1cccc(F)c1.OC1n2cncc2CC1(O)O. The van der Waals surface area contributed by atoms with Crippen molar-refractivity contribution in [2.45, 2.75) is 18.4 Å². The first kappa shape index (κ1) is 14.1. The van der Waals surface area contributed by atoms with Crippen molar-refractivity contribution in [3.8, 4) is 6.07 Å². The normalized spacial score (nSPS) is 18.6. The van der Waals surface area contributed by atoms with E-state index in [1.165, 1.54) is 35.3 Å². The highest BCUT2D eigenvalue weighted by molar-refractivity contribution is 5.28. The highest BCUT2D eigenvalue weighted by Gasteiger charge is 2.42. The zero-order chi connectivity index (χ0) is 14.8. The van der Waals surface area contributed by atoms with E-state index in [0.717, 1.165) is 0 Å². The molecule has 2 heterocycles. The second-order valence-electron chi connectivity index (χ2n) is 4.34. The average molecular weight is 277 g/mol. The van der Waals surface area contributed by atoms with Crippen LogP contribution in [0.1, 0.15) is 17.5 Å². The molecule has 3 rings (SSSR count). The van der Waals surface area contributed by atoms with Crippen molar-refractivity contribution in [3.63, 3.8) is 0 Å². The lowest BCUT2D eigenvalue weighted by molar-refractivity contribution is -0.233. The molecule has 3 N–H and O–H groups in total. The van der Waals surface area contributed by atoms with E-state index in [1.54, 1.807) is 6.07 Å². The molecule has 2 aromatic rings. The van der Waals surface area contributed by atoms with Crippen LogP contribution in [0, 0.1) is 17.1 Å². The fourth-order valence-electron chi connectivity index (χ4n) is 1.83. The van der Waals surface area contributed by atoms with E-state index in [9.17, 15) is 9.50 Å². The van der Waals surface area contributed by atoms with Gasteiger partial charge in [0.2, 0.25) is 5.79 Å². The minimum absolute atomic E-state index is 0.0220. The summed E-state index contributed by atoms with van der Waals surface area (Å²) < 4.78 is 13.5. The van der Waals surface area contributed by atoms with Crippen LogP contribution < -0.4 is 0 Å². The van der Waals surface area contributed by atoms with E-state index < -0.39 is 12.0 Å². The molecule has 0 radical (unpaired) electrons. The van der Waals surface area contributed by atoms with Crippen LogP contribution >= 0.6 is 0 Å². The maximum Gasteiger partial charge on any atom is 0.215 e. The van der Waals surface area contributed by atoms with E-state index in [1.807, 2.05) is 6.07 Å². The second-order valence-corrected chi connectivity index (χ2v) is 4.34. The van der Waals surface area contributed by atoms with Crippen molar-refractivity contribution in [1.82, 2.24) is 9.55 Å². The largest absolute Gasteiger partial charge is 0.368 e. The molecule has 1 aromatic heterocycles. The number of imidazole rings is 1. The summed E-state index contributed by atoms with van der Waals surface area (Å²) in [5.74, 6) is -2.40. The van der Waals surface area contributed by atoms with Gasteiger partial charge in [-0.3, -0.25) is 0 Å². The molecule has 0 bridgehead atoms. The highest BCUT2D eigenvalue weighted by atomic mass is 19.1. The summed E-state index contributed by atoms with van der Waals surface area (Å²) in [6.07, 6.45) is 1.60. The number of nitrogens with zero attached hydrogens (tertiary/aromatic N) is 3. The van der Waals surface area contributed by atoms with Gasteiger partial charge in [0.25, 0.3) is 0 Å². The molecule has 1 aliphatic heterocycles. The molecule has 7 heteroatoms. The average Bonchev–Trinajstić information content (AvgIpc) is 2.93. The van der Waals surface area contributed by atoms with Crippen LogP contribution in [0.15, 0.2) is 36.8 Å². The zero-order valence-corrected chi connectivity index (χ0v) is 10.3. The molecule has 0 fully saturated rings. The third kappa shape index (κ3) is 2.83. The Morgan fingerprint density at radius 1 is 1.45 bits per heavy atom. The molecule has 1 aliphatic rings. The van der Waals surface area contributed by atoms with Crippen LogP contribution in [0.4, 0.5) is 4.39 Å². The standard InChI is InChI=1S/C7H4FN.C6H8N2O3/c8-7-3-1-2-6(4-7)5-9;9-5-6(10,11)1-4-2-7-3-8(4)5/h1-4H;2-3,5,9-11H,1H2. The molecule has 0 saturated heterocycles. The lowest BCUT2D eigenvalue weighted by Gasteiger charge is -2.18. The van der Waals surface area contributed by atoms with E-state index in [2.05, 4.69) is 4.98 Å². The maximum absolute atomic E-state index is 12.2. The number of nitriles is 1. The summed E-state index contributed by atoms with van der Waals surface area (Å²) in [7, 11) is 0. The number of benzene rings is 1. The molecular weight excluding hydrogens is 265 g/mol. The van der Waals surface area contributed by atoms with E-state index in [-0.39, 0.29) is 12.2 Å². The molecule has 0 aliphatic carbocycles. The number of aliphatic hydroxyl groups is 3. The summed E-state index contributed by atoms with van der Waals surface area (Å²) in [6, 6.07) is 7.40. The minimum atomic E-state index is -2.03. The number of fused-ring (bicyclic) bond motifs is 1. The monoisotopic (exact) mass is 277 g/mol. The van der Waals surface area contributed by atoms with Crippen molar-refractivity contribution in [1.29, 1.82) is 5.26 Å². The van der Waals surface area contributed by atoms with Crippen LogP contribution in [-0.4, -0.2) is 30.7 Å². The van der Waals surface area contributed by atoms with Gasteiger partial charge in [-0.2, -0.15) is 5.26 Å². The van der Waals surface area contributed by atoms with Crippen LogP contribution in [0.3, 0.4) is 0 Å². The van der Waals surface area contributed by atoms with Gasteiger partial charge in [-0.25, -0.2) is 9.37 Å². The molecular formula is C13H12FN3O3. The van der Waals surface area contributed by atoms with E-state index >= 15 is 0 Å². The van der Waals surface area contributed by atoms with Crippen LogP contribution in [0.2, 0.25) is 0 Å². The van der Waals surface area contributed by atoms with Gasteiger partial charge in [0.1, 0.15) is 5.82 Å². The number of aromatic nitrogens is 2. The predicted molar refractivity (Wildman–Crippen MR) is 65.5 cm³/mol. The quantitative estimate of drug-likeness (QED) is 0.601. The molecule has 1 atom stereocenters. The summed E-state index contributed by atoms with van der Waals surface area (Å²) >= 11 is 0. The molecule has 104 valence electrons. The number of halogens is 1. The third-order valence-electron chi connectivity index (χ3n) is 2.82. The molecule has 1 aromatic carbocycles.